The molecule has 158 valence electrons. The van der Waals surface area contributed by atoms with Gasteiger partial charge in [-0.25, -0.2) is 0 Å². The number of hydrogen-bond donors (Lipinski definition) is 0. The first-order chi connectivity index (χ1) is 14.2. The summed E-state index contributed by atoms with van der Waals surface area (Å²) in [4.78, 5) is 0. The molecular formula is C28H40O. The molecule has 2 aromatic rings. The molecule has 1 saturated carbocycles. The Morgan fingerprint density at radius 2 is 1.48 bits per heavy atom. The van der Waals surface area contributed by atoms with Gasteiger partial charge in [0.1, 0.15) is 5.75 Å². The van der Waals surface area contributed by atoms with Crippen LogP contribution in [-0.2, 0) is 5.41 Å². The number of hydrogen-bond acceptors (Lipinski definition) is 1. The van der Waals surface area contributed by atoms with Crippen LogP contribution in [0.25, 0.3) is 11.1 Å². The van der Waals surface area contributed by atoms with Crippen LogP contribution in [0.15, 0.2) is 42.5 Å². The summed E-state index contributed by atoms with van der Waals surface area (Å²) >= 11 is 0. The third-order valence-corrected chi connectivity index (χ3v) is 6.82. The third-order valence-electron chi connectivity index (χ3n) is 6.82. The Morgan fingerprint density at radius 3 is 2.14 bits per heavy atom. The highest BCUT2D eigenvalue weighted by Crippen LogP contribution is 2.45. The van der Waals surface area contributed by atoms with E-state index in [1.807, 2.05) is 0 Å². The van der Waals surface area contributed by atoms with Gasteiger partial charge < -0.3 is 4.74 Å². The van der Waals surface area contributed by atoms with Crippen molar-refractivity contribution in [2.24, 2.45) is 0 Å². The highest BCUT2D eigenvalue weighted by molar-refractivity contribution is 5.66. The molecule has 0 aromatic heterocycles. The second-order valence-corrected chi connectivity index (χ2v) is 9.05. The van der Waals surface area contributed by atoms with E-state index in [0.717, 1.165) is 18.8 Å². The van der Waals surface area contributed by atoms with Gasteiger partial charge in [0.2, 0.25) is 0 Å². The van der Waals surface area contributed by atoms with Gasteiger partial charge >= 0.3 is 0 Å². The average molecular weight is 393 g/mol. The summed E-state index contributed by atoms with van der Waals surface area (Å²) in [5.74, 6) is 0.979. The molecule has 1 heteroatoms. The molecule has 0 bridgehead atoms. The molecule has 0 unspecified atom stereocenters. The minimum absolute atomic E-state index is 0.424. The average Bonchev–Trinajstić information content (AvgIpc) is 2.75. The molecule has 0 atom stereocenters. The maximum absolute atomic E-state index is 5.82. The van der Waals surface area contributed by atoms with E-state index in [0.29, 0.717) is 5.41 Å². The lowest BCUT2D eigenvalue weighted by atomic mass is 9.65. The Labute approximate surface area is 178 Å². The minimum Gasteiger partial charge on any atom is -0.494 e. The van der Waals surface area contributed by atoms with Crippen molar-refractivity contribution in [1.29, 1.82) is 0 Å². The van der Waals surface area contributed by atoms with Crippen LogP contribution < -0.4 is 4.74 Å². The van der Waals surface area contributed by atoms with Crippen LogP contribution in [0.3, 0.4) is 0 Å². The Kier molecular flexibility index (Phi) is 8.21. The summed E-state index contributed by atoms with van der Waals surface area (Å²) in [6.07, 6.45) is 14.7. The summed E-state index contributed by atoms with van der Waals surface area (Å²) in [6, 6.07) is 15.8. The van der Waals surface area contributed by atoms with E-state index in [-0.39, 0.29) is 0 Å². The summed E-state index contributed by atoms with van der Waals surface area (Å²) in [7, 11) is 0. The lowest BCUT2D eigenvalue weighted by molar-refractivity contribution is 0.265. The van der Waals surface area contributed by atoms with Crippen LogP contribution in [0.1, 0.15) is 95.6 Å². The Morgan fingerprint density at radius 1 is 0.793 bits per heavy atom. The molecule has 0 spiro atoms. The molecule has 0 saturated heterocycles. The van der Waals surface area contributed by atoms with E-state index in [4.69, 9.17) is 4.74 Å². The van der Waals surface area contributed by atoms with E-state index in [1.165, 1.54) is 80.9 Å². The smallest absolute Gasteiger partial charge is 0.119 e. The number of rotatable bonds is 10. The van der Waals surface area contributed by atoms with Gasteiger partial charge in [-0.2, -0.15) is 0 Å². The lowest BCUT2D eigenvalue weighted by Gasteiger charge is -2.39. The van der Waals surface area contributed by atoms with Crippen molar-refractivity contribution in [1.82, 2.24) is 0 Å². The summed E-state index contributed by atoms with van der Waals surface area (Å²) < 4.78 is 5.82. The van der Waals surface area contributed by atoms with Gasteiger partial charge in [-0.15, -0.1) is 0 Å². The second kappa shape index (κ2) is 10.9. The molecule has 2 aromatic carbocycles. The second-order valence-electron chi connectivity index (χ2n) is 9.05. The van der Waals surface area contributed by atoms with Gasteiger partial charge in [-0.3, -0.25) is 0 Å². The van der Waals surface area contributed by atoms with Crippen molar-refractivity contribution in [3.8, 4) is 16.9 Å². The standard InChI is InChI=1S/C28H40O/c1-4-6-9-18-28(19-10-8-11-20-28)27-17-14-25(22-23(27)3)24-12-15-26(16-13-24)29-21-7-5-2/h12-17,22H,4-11,18-21H2,1-3H3. The van der Waals surface area contributed by atoms with E-state index < -0.39 is 0 Å². The number of aryl methyl sites for hydroxylation is 1. The van der Waals surface area contributed by atoms with Crippen molar-refractivity contribution in [3.05, 3.63) is 53.6 Å². The zero-order valence-corrected chi connectivity index (χ0v) is 18.9. The first-order valence-corrected chi connectivity index (χ1v) is 12.0. The normalized spacial score (nSPS) is 16.0. The van der Waals surface area contributed by atoms with Gasteiger partial charge in [-0.1, -0.05) is 89.1 Å². The fourth-order valence-corrected chi connectivity index (χ4v) is 5.11. The quantitative estimate of drug-likeness (QED) is 0.368. The highest BCUT2D eigenvalue weighted by Gasteiger charge is 2.34. The molecule has 0 N–H and O–H groups in total. The maximum atomic E-state index is 5.82. The van der Waals surface area contributed by atoms with E-state index in [2.05, 4.69) is 63.2 Å². The molecule has 0 aliphatic heterocycles. The molecule has 0 radical (unpaired) electrons. The zero-order valence-electron chi connectivity index (χ0n) is 18.9. The largest absolute Gasteiger partial charge is 0.494 e. The predicted molar refractivity (Wildman–Crippen MR) is 126 cm³/mol. The monoisotopic (exact) mass is 392 g/mol. The topological polar surface area (TPSA) is 9.23 Å². The van der Waals surface area contributed by atoms with Crippen LogP contribution >= 0.6 is 0 Å². The molecular weight excluding hydrogens is 352 g/mol. The molecule has 1 aliphatic rings. The molecule has 0 amide bonds. The minimum atomic E-state index is 0.424. The number of ether oxygens (including phenoxy) is 1. The van der Waals surface area contributed by atoms with Gasteiger partial charge in [0.15, 0.2) is 0 Å². The first-order valence-electron chi connectivity index (χ1n) is 12.0. The van der Waals surface area contributed by atoms with Crippen LogP contribution in [0, 0.1) is 6.92 Å². The van der Waals surface area contributed by atoms with Crippen LogP contribution in [0.4, 0.5) is 0 Å². The van der Waals surface area contributed by atoms with Crippen LogP contribution in [0.2, 0.25) is 0 Å². The number of unbranched alkanes of at least 4 members (excludes halogenated alkanes) is 3. The van der Waals surface area contributed by atoms with Gasteiger partial charge in [0, 0.05) is 0 Å². The predicted octanol–water partition coefficient (Wildman–Crippen LogP) is 8.62. The fraction of sp³-hybridized carbons (Fsp3) is 0.571. The van der Waals surface area contributed by atoms with Gasteiger partial charge in [-0.05, 0) is 72.4 Å². The van der Waals surface area contributed by atoms with Crippen molar-refractivity contribution >= 4 is 0 Å². The Hall–Kier alpha value is -1.76. The van der Waals surface area contributed by atoms with Crippen molar-refractivity contribution < 1.29 is 4.74 Å². The summed E-state index contributed by atoms with van der Waals surface area (Å²) in [6.45, 7) is 7.65. The molecule has 3 rings (SSSR count). The van der Waals surface area contributed by atoms with Crippen molar-refractivity contribution in [2.45, 2.75) is 96.8 Å². The lowest BCUT2D eigenvalue weighted by Crippen LogP contribution is -2.30. The molecule has 0 heterocycles. The number of benzene rings is 2. The van der Waals surface area contributed by atoms with Crippen LogP contribution in [0.5, 0.6) is 5.75 Å². The summed E-state index contributed by atoms with van der Waals surface area (Å²) in [5.41, 5.74) is 6.13. The third kappa shape index (κ3) is 5.65. The summed E-state index contributed by atoms with van der Waals surface area (Å²) in [5, 5.41) is 0. The molecule has 29 heavy (non-hydrogen) atoms. The highest BCUT2D eigenvalue weighted by atomic mass is 16.5. The molecule has 1 nitrogen and oxygen atoms in total. The maximum Gasteiger partial charge on any atom is 0.119 e. The molecule has 1 aliphatic carbocycles. The Balaban J connectivity index is 1.77. The van der Waals surface area contributed by atoms with Crippen LogP contribution in [-0.4, -0.2) is 6.61 Å². The Bertz CT molecular complexity index is 737. The fourth-order valence-electron chi connectivity index (χ4n) is 5.11. The van der Waals surface area contributed by atoms with E-state index in [9.17, 15) is 0 Å². The van der Waals surface area contributed by atoms with Gasteiger partial charge in [0.25, 0.3) is 0 Å². The van der Waals surface area contributed by atoms with Crippen molar-refractivity contribution in [3.63, 3.8) is 0 Å². The molecule has 1 fully saturated rings. The SMILES string of the molecule is CCCCCC1(c2ccc(-c3ccc(OCCCC)cc3)cc2C)CCCCC1. The van der Waals surface area contributed by atoms with E-state index >= 15 is 0 Å². The van der Waals surface area contributed by atoms with Crippen molar-refractivity contribution in [2.75, 3.05) is 6.61 Å². The zero-order chi connectivity index (χ0) is 20.5. The van der Waals surface area contributed by atoms with Gasteiger partial charge in [0.05, 0.1) is 6.61 Å². The first kappa shape index (κ1) is 21.9. The van der Waals surface area contributed by atoms with E-state index in [1.54, 1.807) is 5.56 Å².